The fraction of sp³-hybridized carbons (Fsp3) is 0.462. The molecule has 1 aliphatic rings. The average Bonchev–Trinajstić information content (AvgIpc) is 3.11. The van der Waals surface area contributed by atoms with Crippen molar-refractivity contribution < 1.29 is 13.6 Å². The van der Waals surface area contributed by atoms with E-state index in [4.69, 9.17) is 0 Å². The van der Waals surface area contributed by atoms with Gasteiger partial charge in [-0.05, 0) is 41.7 Å². The number of thiol groups is 1. The van der Waals surface area contributed by atoms with Crippen molar-refractivity contribution in [1.82, 2.24) is 5.32 Å². The molecule has 2 nitrogen and oxygen atoms in total. The molecule has 0 bridgehead atoms. The van der Waals surface area contributed by atoms with E-state index in [2.05, 4.69) is 17.9 Å². The van der Waals surface area contributed by atoms with Crippen molar-refractivity contribution in [3.05, 3.63) is 35.4 Å². The predicted molar refractivity (Wildman–Crippen MR) is 68.3 cm³/mol. The first-order valence-electron chi connectivity index (χ1n) is 5.86. The van der Waals surface area contributed by atoms with E-state index in [9.17, 15) is 13.6 Å². The van der Waals surface area contributed by atoms with Gasteiger partial charge in [-0.2, -0.15) is 12.6 Å². The van der Waals surface area contributed by atoms with Crippen LogP contribution in [-0.2, 0) is 11.3 Å². The van der Waals surface area contributed by atoms with Gasteiger partial charge in [-0.3, -0.25) is 4.79 Å². The maximum Gasteiger partial charge on any atom is 0.220 e. The van der Waals surface area contributed by atoms with Crippen LogP contribution in [0.3, 0.4) is 0 Å². The Hall–Kier alpha value is -1.10. The molecular formula is C13H15F2NOS. The van der Waals surface area contributed by atoms with Crippen LogP contribution in [0, 0.1) is 17.0 Å². The Balaban J connectivity index is 1.84. The number of carbonyl (C=O) groups is 1. The number of hydrogen-bond donors (Lipinski definition) is 2. The van der Waals surface area contributed by atoms with Crippen molar-refractivity contribution in [2.24, 2.45) is 5.41 Å². The minimum absolute atomic E-state index is 0.0636. The third-order valence-electron chi connectivity index (χ3n) is 3.30. The first-order valence-corrected chi connectivity index (χ1v) is 6.49. The quantitative estimate of drug-likeness (QED) is 0.792. The maximum absolute atomic E-state index is 12.9. The molecule has 1 amide bonds. The average molecular weight is 271 g/mol. The molecule has 5 heteroatoms. The summed E-state index contributed by atoms with van der Waals surface area (Å²) < 4.78 is 25.6. The summed E-state index contributed by atoms with van der Waals surface area (Å²) in [6, 6.07) is 3.62. The lowest BCUT2D eigenvalue weighted by atomic mass is 10.1. The van der Waals surface area contributed by atoms with Gasteiger partial charge in [0.05, 0.1) is 0 Å². The summed E-state index contributed by atoms with van der Waals surface area (Å²) in [5.74, 6) is -1.12. The van der Waals surface area contributed by atoms with Crippen molar-refractivity contribution >= 4 is 18.5 Å². The van der Waals surface area contributed by atoms with Crippen LogP contribution in [0.4, 0.5) is 8.78 Å². The number of nitrogens with one attached hydrogen (secondary N) is 1. The minimum Gasteiger partial charge on any atom is -0.352 e. The lowest BCUT2D eigenvalue weighted by molar-refractivity contribution is -0.122. The molecule has 0 aromatic heterocycles. The van der Waals surface area contributed by atoms with E-state index in [1.54, 1.807) is 0 Å². The number of amides is 1. The van der Waals surface area contributed by atoms with E-state index in [0.717, 1.165) is 25.0 Å². The Morgan fingerprint density at radius 1 is 1.33 bits per heavy atom. The number of halogens is 2. The molecule has 0 unspecified atom stereocenters. The van der Waals surface area contributed by atoms with Crippen molar-refractivity contribution in [3.8, 4) is 0 Å². The van der Waals surface area contributed by atoms with Crippen LogP contribution in [-0.4, -0.2) is 11.7 Å². The van der Waals surface area contributed by atoms with E-state index in [-0.39, 0.29) is 17.9 Å². The van der Waals surface area contributed by atoms with Crippen LogP contribution in [0.25, 0.3) is 0 Å². The van der Waals surface area contributed by atoms with Crippen molar-refractivity contribution in [1.29, 1.82) is 0 Å². The van der Waals surface area contributed by atoms with E-state index in [1.807, 2.05) is 0 Å². The van der Waals surface area contributed by atoms with Crippen LogP contribution in [0.2, 0.25) is 0 Å². The molecule has 0 spiro atoms. The summed E-state index contributed by atoms with van der Waals surface area (Å²) in [7, 11) is 0. The number of hydrogen-bond acceptors (Lipinski definition) is 2. The molecule has 1 aromatic carbocycles. The largest absolute Gasteiger partial charge is 0.352 e. The van der Waals surface area contributed by atoms with E-state index in [1.165, 1.54) is 6.07 Å². The van der Waals surface area contributed by atoms with Crippen molar-refractivity contribution in [2.75, 3.05) is 5.75 Å². The molecule has 0 radical (unpaired) electrons. The maximum atomic E-state index is 12.9. The highest BCUT2D eigenvalue weighted by atomic mass is 32.1. The first kappa shape index (κ1) is 13.3. The monoisotopic (exact) mass is 271 g/mol. The van der Waals surface area contributed by atoms with E-state index >= 15 is 0 Å². The summed E-state index contributed by atoms with van der Waals surface area (Å²) in [5, 5.41) is 2.71. The van der Waals surface area contributed by atoms with Gasteiger partial charge in [-0.1, -0.05) is 6.07 Å². The zero-order valence-corrected chi connectivity index (χ0v) is 10.8. The van der Waals surface area contributed by atoms with Gasteiger partial charge >= 0.3 is 0 Å². The highest BCUT2D eigenvalue weighted by Crippen LogP contribution is 2.49. The third-order valence-corrected chi connectivity index (χ3v) is 3.97. The van der Waals surface area contributed by atoms with Gasteiger partial charge < -0.3 is 5.32 Å². The lowest BCUT2D eigenvalue weighted by Crippen LogP contribution is -2.26. The van der Waals surface area contributed by atoms with Crippen molar-refractivity contribution in [3.63, 3.8) is 0 Å². The van der Waals surface area contributed by atoms with Crippen LogP contribution in [0.15, 0.2) is 18.2 Å². The van der Waals surface area contributed by atoms with Crippen LogP contribution >= 0.6 is 12.6 Å². The molecule has 1 saturated carbocycles. The Morgan fingerprint density at radius 3 is 2.61 bits per heavy atom. The Bertz CT molecular complexity index is 460. The molecule has 18 heavy (non-hydrogen) atoms. The van der Waals surface area contributed by atoms with Gasteiger partial charge in [0.25, 0.3) is 0 Å². The molecule has 0 aliphatic heterocycles. The Labute approximate surface area is 110 Å². The molecule has 2 rings (SSSR count). The second-order valence-corrected chi connectivity index (χ2v) is 5.18. The first-order chi connectivity index (χ1) is 8.54. The van der Waals surface area contributed by atoms with Crippen molar-refractivity contribution in [2.45, 2.75) is 25.8 Å². The highest BCUT2D eigenvalue weighted by Gasteiger charge is 2.42. The normalized spacial score (nSPS) is 16.4. The van der Waals surface area contributed by atoms with Crippen LogP contribution in [0.1, 0.15) is 24.8 Å². The van der Waals surface area contributed by atoms with E-state index < -0.39 is 11.6 Å². The summed E-state index contributed by atoms with van der Waals surface area (Å²) in [6.07, 6.45) is 2.53. The van der Waals surface area contributed by atoms with Gasteiger partial charge in [0, 0.05) is 13.0 Å². The summed E-state index contributed by atoms with van der Waals surface area (Å²) in [5.41, 5.74) is 0.624. The number of carbonyl (C=O) groups excluding carboxylic acids is 1. The molecule has 1 aromatic rings. The smallest absolute Gasteiger partial charge is 0.220 e. The zero-order valence-electron chi connectivity index (χ0n) is 9.88. The highest BCUT2D eigenvalue weighted by molar-refractivity contribution is 7.80. The molecule has 0 atom stereocenters. The minimum atomic E-state index is -0.893. The second kappa shape index (κ2) is 5.26. The zero-order chi connectivity index (χ0) is 13.2. The Kier molecular flexibility index (Phi) is 3.90. The van der Waals surface area contributed by atoms with E-state index in [0.29, 0.717) is 17.7 Å². The summed E-state index contributed by atoms with van der Waals surface area (Å²) >= 11 is 4.23. The molecular weight excluding hydrogens is 256 g/mol. The fourth-order valence-electron chi connectivity index (χ4n) is 1.82. The van der Waals surface area contributed by atoms with Crippen LogP contribution in [0.5, 0.6) is 0 Å². The number of rotatable bonds is 5. The second-order valence-electron chi connectivity index (χ2n) is 4.86. The topological polar surface area (TPSA) is 29.1 Å². The molecule has 1 fully saturated rings. The molecule has 0 heterocycles. The van der Waals surface area contributed by atoms with Gasteiger partial charge in [0.2, 0.25) is 5.91 Å². The third kappa shape index (κ3) is 3.22. The van der Waals surface area contributed by atoms with Crippen LogP contribution < -0.4 is 5.32 Å². The molecule has 1 N–H and O–H groups in total. The molecule has 0 saturated heterocycles. The number of benzene rings is 1. The van der Waals surface area contributed by atoms with Gasteiger partial charge in [-0.25, -0.2) is 8.78 Å². The molecule has 1 aliphatic carbocycles. The summed E-state index contributed by atoms with van der Waals surface area (Å²) in [6.45, 7) is 0.221. The Morgan fingerprint density at radius 2 is 2.06 bits per heavy atom. The fourth-order valence-corrected chi connectivity index (χ4v) is 2.25. The lowest BCUT2D eigenvalue weighted by Gasteiger charge is -2.11. The van der Waals surface area contributed by atoms with Gasteiger partial charge in [0.15, 0.2) is 11.6 Å². The standard InChI is InChI=1S/C13H15F2NOS/c14-10-2-1-9(5-11(10)15)7-16-12(17)6-13(8-18)3-4-13/h1-2,5,18H,3-4,6-8H2,(H,16,17). The summed E-state index contributed by atoms with van der Waals surface area (Å²) in [4.78, 5) is 11.7. The van der Waals surface area contributed by atoms with Gasteiger partial charge in [0.1, 0.15) is 0 Å². The molecule has 98 valence electrons. The SMILES string of the molecule is O=C(CC1(CS)CC1)NCc1ccc(F)c(F)c1. The predicted octanol–water partition coefficient (Wildman–Crippen LogP) is 2.68. The van der Waals surface area contributed by atoms with Gasteiger partial charge in [-0.15, -0.1) is 0 Å².